The highest BCUT2D eigenvalue weighted by atomic mass is 32.2. The zero-order valence-electron chi connectivity index (χ0n) is 9.96. The number of aliphatic hydroxyl groups excluding tert-OH is 1. The lowest BCUT2D eigenvalue weighted by Gasteiger charge is -2.31. The summed E-state index contributed by atoms with van der Waals surface area (Å²) in [6, 6.07) is -0.177. The van der Waals surface area contributed by atoms with Gasteiger partial charge in [0.15, 0.2) is 0 Å². The fourth-order valence-corrected chi connectivity index (χ4v) is 2.45. The molecule has 0 heterocycles. The van der Waals surface area contributed by atoms with E-state index < -0.39 is 9.84 Å². The summed E-state index contributed by atoms with van der Waals surface area (Å²) < 4.78 is 22.1. The van der Waals surface area contributed by atoms with Crippen LogP contribution in [0.1, 0.15) is 12.8 Å². The van der Waals surface area contributed by atoms with Gasteiger partial charge < -0.3 is 10.8 Å². The quantitative estimate of drug-likeness (QED) is 0.609. The maximum absolute atomic E-state index is 11.0. The van der Waals surface area contributed by atoms with Crippen LogP contribution < -0.4 is 5.73 Å². The third-order valence-corrected chi connectivity index (χ3v) is 4.10. The second-order valence-electron chi connectivity index (χ2n) is 4.78. The molecule has 1 rings (SSSR count). The lowest BCUT2D eigenvalue weighted by Crippen LogP contribution is -2.50. The molecule has 1 aliphatic rings. The predicted molar refractivity (Wildman–Crippen MR) is 63.9 cm³/mol. The molecule has 2 atom stereocenters. The first kappa shape index (κ1) is 13.9. The van der Waals surface area contributed by atoms with Crippen LogP contribution in [0.5, 0.6) is 0 Å². The molecule has 0 saturated heterocycles. The highest BCUT2D eigenvalue weighted by Crippen LogP contribution is 2.33. The van der Waals surface area contributed by atoms with Gasteiger partial charge in [0.25, 0.3) is 0 Å². The van der Waals surface area contributed by atoms with E-state index in [4.69, 9.17) is 5.73 Å². The molecular weight excluding hydrogens is 228 g/mol. The summed E-state index contributed by atoms with van der Waals surface area (Å²) >= 11 is 0. The molecule has 0 amide bonds. The number of rotatable bonds is 7. The van der Waals surface area contributed by atoms with Gasteiger partial charge in [-0.1, -0.05) is 0 Å². The van der Waals surface area contributed by atoms with Crippen LogP contribution in [0.25, 0.3) is 0 Å². The first-order chi connectivity index (χ1) is 7.35. The highest BCUT2D eigenvalue weighted by molar-refractivity contribution is 7.90. The maximum atomic E-state index is 11.0. The van der Waals surface area contributed by atoms with Crippen molar-refractivity contribution in [3.8, 4) is 0 Å². The van der Waals surface area contributed by atoms with Gasteiger partial charge in [-0.3, -0.25) is 4.90 Å². The molecule has 5 nitrogen and oxygen atoms in total. The second kappa shape index (κ2) is 5.44. The van der Waals surface area contributed by atoms with E-state index in [2.05, 4.69) is 0 Å². The normalized spacial score (nSPS) is 21.1. The molecule has 1 fully saturated rings. The maximum Gasteiger partial charge on any atom is 0.148 e. The summed E-state index contributed by atoms with van der Waals surface area (Å²) in [6.07, 6.45) is 3.46. The number of sulfone groups is 1. The molecular formula is C10H22N2O3S. The van der Waals surface area contributed by atoms with Crippen molar-refractivity contribution in [1.82, 2.24) is 4.90 Å². The van der Waals surface area contributed by atoms with Crippen LogP contribution in [0.15, 0.2) is 0 Å². The van der Waals surface area contributed by atoms with Crippen LogP contribution in [-0.2, 0) is 9.84 Å². The molecule has 0 spiro atoms. The number of nitrogens with two attached hydrogens (primary N) is 1. The molecule has 1 aliphatic carbocycles. The van der Waals surface area contributed by atoms with Gasteiger partial charge in [0, 0.05) is 24.9 Å². The van der Waals surface area contributed by atoms with Crippen LogP contribution in [0, 0.1) is 5.92 Å². The number of likely N-dealkylation sites (N-methyl/N-ethyl adjacent to an activating group) is 1. The predicted octanol–water partition coefficient (Wildman–Crippen LogP) is -0.939. The van der Waals surface area contributed by atoms with Gasteiger partial charge in [-0.25, -0.2) is 8.42 Å². The summed E-state index contributed by atoms with van der Waals surface area (Å²) in [5.41, 5.74) is 6.02. The molecule has 0 radical (unpaired) electrons. The van der Waals surface area contributed by atoms with E-state index in [1.807, 2.05) is 11.9 Å². The molecule has 0 aromatic carbocycles. The van der Waals surface area contributed by atoms with Crippen molar-refractivity contribution in [1.29, 1.82) is 0 Å². The Bertz CT molecular complexity index is 314. The van der Waals surface area contributed by atoms with Crippen molar-refractivity contribution in [2.75, 3.05) is 32.2 Å². The van der Waals surface area contributed by atoms with Gasteiger partial charge in [0.1, 0.15) is 9.84 Å². The van der Waals surface area contributed by atoms with Gasteiger partial charge in [-0.05, 0) is 25.8 Å². The average molecular weight is 250 g/mol. The van der Waals surface area contributed by atoms with Crippen molar-refractivity contribution in [2.24, 2.45) is 11.7 Å². The fourth-order valence-electron chi connectivity index (χ4n) is 1.83. The Morgan fingerprint density at radius 3 is 2.44 bits per heavy atom. The number of hydrogen-bond donors (Lipinski definition) is 2. The molecule has 6 heteroatoms. The summed E-state index contributed by atoms with van der Waals surface area (Å²) in [6.45, 7) is 0.405. The minimum atomic E-state index is -2.96. The molecule has 0 aromatic rings. The van der Waals surface area contributed by atoms with Gasteiger partial charge in [-0.2, -0.15) is 0 Å². The Kier molecular flexibility index (Phi) is 4.73. The Morgan fingerprint density at radius 1 is 1.50 bits per heavy atom. The standard InChI is InChI=1S/C10H22N2O3S/c1-12(5-6-16(2,14)15)9(7-13)10(11)8-3-4-8/h8-10,13H,3-7,11H2,1-2H3. The largest absolute Gasteiger partial charge is 0.395 e. The highest BCUT2D eigenvalue weighted by Gasteiger charge is 2.35. The summed E-state index contributed by atoms with van der Waals surface area (Å²) in [7, 11) is -1.14. The zero-order valence-corrected chi connectivity index (χ0v) is 10.8. The Hall–Kier alpha value is -0.170. The van der Waals surface area contributed by atoms with E-state index in [-0.39, 0.29) is 24.4 Å². The fraction of sp³-hybridized carbons (Fsp3) is 1.00. The summed E-state index contributed by atoms with van der Waals surface area (Å²) in [4.78, 5) is 1.85. The van der Waals surface area contributed by atoms with E-state index in [0.29, 0.717) is 12.5 Å². The molecule has 96 valence electrons. The average Bonchev–Trinajstić information content (AvgIpc) is 2.97. The number of hydrogen-bond acceptors (Lipinski definition) is 5. The van der Waals surface area contributed by atoms with Crippen molar-refractivity contribution in [3.05, 3.63) is 0 Å². The third kappa shape index (κ3) is 4.37. The minimum Gasteiger partial charge on any atom is -0.395 e. The smallest absolute Gasteiger partial charge is 0.148 e. The first-order valence-electron chi connectivity index (χ1n) is 5.59. The van der Waals surface area contributed by atoms with Gasteiger partial charge >= 0.3 is 0 Å². The second-order valence-corrected chi connectivity index (χ2v) is 7.03. The van der Waals surface area contributed by atoms with E-state index in [1.165, 1.54) is 6.26 Å². The molecule has 16 heavy (non-hydrogen) atoms. The Labute approximate surface area is 97.5 Å². The van der Waals surface area contributed by atoms with Crippen molar-refractivity contribution in [3.63, 3.8) is 0 Å². The van der Waals surface area contributed by atoms with Crippen LogP contribution in [0.2, 0.25) is 0 Å². The van der Waals surface area contributed by atoms with Crippen molar-refractivity contribution in [2.45, 2.75) is 24.9 Å². The number of aliphatic hydroxyl groups is 1. The van der Waals surface area contributed by atoms with Crippen molar-refractivity contribution >= 4 is 9.84 Å². The minimum absolute atomic E-state index is 0.0159. The van der Waals surface area contributed by atoms with Crippen LogP contribution in [-0.4, -0.2) is 62.7 Å². The van der Waals surface area contributed by atoms with E-state index >= 15 is 0 Å². The van der Waals surface area contributed by atoms with Crippen LogP contribution in [0.3, 0.4) is 0 Å². The monoisotopic (exact) mass is 250 g/mol. The Morgan fingerprint density at radius 2 is 2.06 bits per heavy atom. The summed E-state index contributed by atoms with van der Waals surface area (Å²) in [5.74, 6) is 0.607. The third-order valence-electron chi connectivity index (χ3n) is 3.18. The lowest BCUT2D eigenvalue weighted by atomic mass is 10.0. The van der Waals surface area contributed by atoms with Crippen LogP contribution >= 0.6 is 0 Å². The van der Waals surface area contributed by atoms with Gasteiger partial charge in [0.05, 0.1) is 12.4 Å². The topological polar surface area (TPSA) is 83.6 Å². The molecule has 3 N–H and O–H groups in total. The van der Waals surface area contributed by atoms with E-state index in [1.54, 1.807) is 0 Å². The molecule has 2 unspecified atom stereocenters. The first-order valence-corrected chi connectivity index (χ1v) is 7.65. The van der Waals surface area contributed by atoms with Gasteiger partial charge in [0.2, 0.25) is 0 Å². The molecule has 0 bridgehead atoms. The lowest BCUT2D eigenvalue weighted by molar-refractivity contribution is 0.125. The molecule has 0 aliphatic heterocycles. The number of nitrogens with zero attached hydrogens (tertiary/aromatic N) is 1. The van der Waals surface area contributed by atoms with E-state index in [9.17, 15) is 13.5 Å². The summed E-state index contributed by atoms with van der Waals surface area (Å²) in [5, 5.41) is 9.30. The van der Waals surface area contributed by atoms with Crippen LogP contribution in [0.4, 0.5) is 0 Å². The SMILES string of the molecule is CN(CCS(C)(=O)=O)C(CO)C(N)C1CC1. The Balaban J connectivity index is 2.45. The zero-order chi connectivity index (χ0) is 12.3. The van der Waals surface area contributed by atoms with E-state index in [0.717, 1.165) is 12.8 Å². The van der Waals surface area contributed by atoms with Crippen molar-refractivity contribution < 1.29 is 13.5 Å². The van der Waals surface area contributed by atoms with Gasteiger partial charge in [-0.15, -0.1) is 0 Å². The molecule has 0 aromatic heterocycles. The molecule has 1 saturated carbocycles.